The zero-order chi connectivity index (χ0) is 21.2. The van der Waals surface area contributed by atoms with E-state index in [9.17, 15) is 16.8 Å². The van der Waals surface area contributed by atoms with Gasteiger partial charge in [0.25, 0.3) is 0 Å². The summed E-state index contributed by atoms with van der Waals surface area (Å²) in [5.74, 6) is 0.384. The first-order valence-electron chi connectivity index (χ1n) is 9.03. The fraction of sp³-hybridized carbons (Fsp3) is 0.238. The van der Waals surface area contributed by atoms with E-state index >= 15 is 0 Å². The maximum Gasteiger partial charge on any atom is 0.241 e. The molecule has 5 nitrogen and oxygen atoms in total. The Morgan fingerprint density at radius 3 is 1.83 bits per heavy atom. The quantitative estimate of drug-likeness (QED) is 0.582. The highest BCUT2D eigenvalue weighted by molar-refractivity contribution is 7.90. The molecule has 0 fully saturated rings. The van der Waals surface area contributed by atoms with Gasteiger partial charge in [-0.05, 0) is 52.8 Å². The van der Waals surface area contributed by atoms with Crippen LogP contribution in [-0.4, -0.2) is 23.1 Å². The monoisotopic (exact) mass is 449 g/mol. The second-order valence-corrected chi connectivity index (χ2v) is 11.8. The van der Waals surface area contributed by atoms with Gasteiger partial charge in [0.15, 0.2) is 9.84 Å². The minimum absolute atomic E-state index is 0.0188. The lowest BCUT2D eigenvalue weighted by Gasteiger charge is -2.19. The molecule has 154 valence electrons. The molecule has 0 aliphatic carbocycles. The van der Waals surface area contributed by atoms with E-state index in [-0.39, 0.29) is 9.79 Å². The van der Waals surface area contributed by atoms with E-state index in [1.54, 1.807) is 0 Å². The molecular weight excluding hydrogens is 426 g/mol. The number of hydrogen-bond donors (Lipinski definition) is 1. The third-order valence-electron chi connectivity index (χ3n) is 4.60. The van der Waals surface area contributed by atoms with Gasteiger partial charge in [-0.2, -0.15) is 4.72 Å². The van der Waals surface area contributed by atoms with Crippen LogP contribution in [0.4, 0.5) is 0 Å². The number of benzene rings is 2. The van der Waals surface area contributed by atoms with Gasteiger partial charge < -0.3 is 0 Å². The van der Waals surface area contributed by atoms with Gasteiger partial charge in [0.2, 0.25) is 10.0 Å². The van der Waals surface area contributed by atoms with Crippen molar-refractivity contribution in [2.24, 2.45) is 0 Å². The van der Waals surface area contributed by atoms with Crippen molar-refractivity contribution in [3.8, 4) is 0 Å². The van der Waals surface area contributed by atoms with Crippen molar-refractivity contribution in [2.45, 2.75) is 35.6 Å². The zero-order valence-corrected chi connectivity index (χ0v) is 18.8. The van der Waals surface area contributed by atoms with E-state index in [2.05, 4.69) is 18.6 Å². The van der Waals surface area contributed by atoms with Gasteiger partial charge >= 0.3 is 0 Å². The van der Waals surface area contributed by atoms with Crippen LogP contribution < -0.4 is 4.72 Å². The Labute approximate surface area is 176 Å². The van der Waals surface area contributed by atoms with Crippen LogP contribution in [0, 0.1) is 0 Å². The Balaban J connectivity index is 1.95. The van der Waals surface area contributed by atoms with E-state index in [1.807, 2.05) is 41.8 Å². The molecule has 0 aliphatic heterocycles. The molecule has 3 aromatic rings. The molecule has 1 atom stereocenters. The van der Waals surface area contributed by atoms with E-state index in [0.29, 0.717) is 5.92 Å². The second kappa shape index (κ2) is 8.39. The average molecular weight is 450 g/mol. The Bertz CT molecular complexity index is 1160. The molecule has 1 aromatic heterocycles. The molecule has 0 spiro atoms. The zero-order valence-electron chi connectivity index (χ0n) is 16.4. The van der Waals surface area contributed by atoms with Crippen LogP contribution in [0.2, 0.25) is 0 Å². The Morgan fingerprint density at radius 1 is 0.793 bits per heavy atom. The van der Waals surface area contributed by atoms with Gasteiger partial charge in [-0.15, -0.1) is 11.3 Å². The van der Waals surface area contributed by atoms with Gasteiger partial charge in [0.1, 0.15) is 0 Å². The number of hydrogen-bond acceptors (Lipinski definition) is 5. The van der Waals surface area contributed by atoms with Crippen molar-refractivity contribution in [3.05, 3.63) is 82.0 Å². The molecular formula is C21H23NO4S3. The summed E-state index contributed by atoms with van der Waals surface area (Å²) < 4.78 is 52.0. The number of sulfone groups is 1. The van der Waals surface area contributed by atoms with Crippen molar-refractivity contribution in [3.63, 3.8) is 0 Å². The molecule has 3 rings (SSSR count). The highest BCUT2D eigenvalue weighted by atomic mass is 32.2. The first-order valence-corrected chi connectivity index (χ1v) is 13.3. The molecule has 2 aromatic carbocycles. The Morgan fingerprint density at radius 2 is 1.34 bits per heavy atom. The van der Waals surface area contributed by atoms with Crippen LogP contribution in [0.5, 0.6) is 0 Å². The molecule has 29 heavy (non-hydrogen) atoms. The summed E-state index contributed by atoms with van der Waals surface area (Å²) in [6, 6.07) is 16.4. The van der Waals surface area contributed by atoms with Crippen LogP contribution in [0.15, 0.2) is 75.8 Å². The summed E-state index contributed by atoms with van der Waals surface area (Å²) in [4.78, 5) is 0.972. The lowest BCUT2D eigenvalue weighted by Crippen LogP contribution is -2.29. The molecule has 0 aliphatic rings. The molecule has 0 amide bonds. The lowest BCUT2D eigenvalue weighted by atomic mass is 9.99. The molecule has 8 heteroatoms. The smallest absolute Gasteiger partial charge is 0.224 e. The van der Waals surface area contributed by atoms with Crippen LogP contribution >= 0.6 is 11.3 Å². The molecule has 1 heterocycles. The van der Waals surface area contributed by atoms with Crippen LogP contribution in [0.1, 0.15) is 41.8 Å². The number of rotatable bonds is 7. The van der Waals surface area contributed by atoms with Crippen LogP contribution in [0.25, 0.3) is 0 Å². The molecule has 0 radical (unpaired) electrons. The van der Waals surface area contributed by atoms with Gasteiger partial charge in [-0.25, -0.2) is 16.8 Å². The minimum atomic E-state index is -3.86. The third-order valence-corrected chi connectivity index (χ3v) is 8.10. The van der Waals surface area contributed by atoms with Gasteiger partial charge in [-0.1, -0.05) is 44.2 Å². The molecule has 0 bridgehead atoms. The van der Waals surface area contributed by atoms with Gasteiger partial charge in [0, 0.05) is 11.1 Å². The number of sulfonamides is 1. The summed E-state index contributed by atoms with van der Waals surface area (Å²) in [5, 5.41) is 1.90. The summed E-state index contributed by atoms with van der Waals surface area (Å²) in [5.41, 5.74) is 2.02. The fourth-order valence-corrected chi connectivity index (χ4v) is 5.62. The minimum Gasteiger partial charge on any atom is -0.224 e. The van der Waals surface area contributed by atoms with Crippen LogP contribution in [-0.2, 0) is 19.9 Å². The van der Waals surface area contributed by atoms with Crippen molar-refractivity contribution in [2.75, 3.05) is 6.26 Å². The number of nitrogens with one attached hydrogen (secondary N) is 1. The fourth-order valence-electron chi connectivity index (χ4n) is 2.91. The highest BCUT2D eigenvalue weighted by Gasteiger charge is 2.24. The average Bonchev–Trinajstić information content (AvgIpc) is 3.20. The van der Waals surface area contributed by atoms with E-state index in [4.69, 9.17) is 0 Å². The Kier molecular flexibility index (Phi) is 6.28. The molecule has 1 unspecified atom stereocenters. The summed E-state index contributed by atoms with van der Waals surface area (Å²) in [6.45, 7) is 4.21. The van der Waals surface area contributed by atoms with Crippen LogP contribution in [0.3, 0.4) is 0 Å². The summed E-state index contributed by atoms with van der Waals surface area (Å²) >= 11 is 1.47. The maximum atomic E-state index is 13.0. The maximum absolute atomic E-state index is 13.0. The molecule has 0 saturated carbocycles. The third kappa shape index (κ3) is 5.14. The van der Waals surface area contributed by atoms with Crippen molar-refractivity contribution in [1.82, 2.24) is 4.72 Å². The summed E-state index contributed by atoms with van der Waals surface area (Å²) in [7, 11) is -7.25. The second-order valence-electron chi connectivity index (χ2n) is 7.13. The predicted octanol–water partition coefficient (Wildman–Crippen LogP) is 4.34. The highest BCUT2D eigenvalue weighted by Crippen LogP contribution is 2.29. The van der Waals surface area contributed by atoms with Gasteiger partial charge in [0.05, 0.1) is 15.8 Å². The van der Waals surface area contributed by atoms with Crippen molar-refractivity contribution in [1.29, 1.82) is 0 Å². The largest absolute Gasteiger partial charge is 0.241 e. The summed E-state index contributed by atoms with van der Waals surface area (Å²) in [6.07, 6.45) is 1.09. The van der Waals surface area contributed by atoms with E-state index in [1.165, 1.54) is 41.2 Å². The standard InChI is InChI=1S/C21H23NO4S3/c1-15(2)16-6-8-17(9-7-16)21(20-5-4-14-27-20)22-29(25,26)19-12-10-18(11-13-19)28(3,23)24/h4-15,21-22H,1-3H3. The predicted molar refractivity (Wildman–Crippen MR) is 117 cm³/mol. The Hall–Kier alpha value is -2.00. The molecule has 1 N–H and O–H groups in total. The van der Waals surface area contributed by atoms with Gasteiger partial charge in [-0.3, -0.25) is 0 Å². The first-order chi connectivity index (χ1) is 13.6. The number of thiophene rings is 1. The molecule has 0 saturated heterocycles. The SMILES string of the molecule is CC(C)c1ccc(C(NS(=O)(=O)c2ccc(S(C)(=O)=O)cc2)c2cccs2)cc1. The van der Waals surface area contributed by atoms with Crippen molar-refractivity contribution < 1.29 is 16.8 Å². The first kappa shape index (κ1) is 21.7. The van der Waals surface area contributed by atoms with E-state index in [0.717, 1.165) is 16.7 Å². The van der Waals surface area contributed by atoms with Crippen molar-refractivity contribution >= 4 is 31.2 Å². The lowest BCUT2D eigenvalue weighted by molar-refractivity contribution is 0.572. The topological polar surface area (TPSA) is 80.3 Å². The van der Waals surface area contributed by atoms with E-state index < -0.39 is 25.9 Å². The normalized spacial score (nSPS) is 13.5.